The standard InChI is InChI=1S/C23H29N5OS/c1-16-9-11-28(12-10-16)19-13-21(25-15-24-19)30-14-20-26-22(27-29-20)17-5-7-18(8-6-17)23(2,3)4/h5-8,13,15-16H,9-12,14H2,1-4H3. The van der Waals surface area contributed by atoms with E-state index in [2.05, 4.69) is 83.0 Å². The van der Waals surface area contributed by atoms with Gasteiger partial charge in [-0.05, 0) is 29.7 Å². The van der Waals surface area contributed by atoms with Crippen molar-refractivity contribution >= 4 is 17.6 Å². The Balaban J connectivity index is 1.38. The molecule has 0 spiro atoms. The quantitative estimate of drug-likeness (QED) is 0.404. The summed E-state index contributed by atoms with van der Waals surface area (Å²) in [5.41, 5.74) is 2.38. The van der Waals surface area contributed by atoms with Gasteiger partial charge in [-0.15, -0.1) is 0 Å². The molecule has 30 heavy (non-hydrogen) atoms. The van der Waals surface area contributed by atoms with Crippen LogP contribution in [0.5, 0.6) is 0 Å². The van der Waals surface area contributed by atoms with E-state index in [1.807, 2.05) is 0 Å². The second-order valence-corrected chi connectivity index (χ2v) is 10.0. The Kier molecular flexibility index (Phi) is 6.09. The summed E-state index contributed by atoms with van der Waals surface area (Å²) in [6.45, 7) is 11.0. The third kappa shape index (κ3) is 5.01. The fraction of sp³-hybridized carbons (Fsp3) is 0.478. The molecular formula is C23H29N5OS. The lowest BCUT2D eigenvalue weighted by Gasteiger charge is -2.31. The van der Waals surface area contributed by atoms with E-state index in [4.69, 9.17) is 4.52 Å². The van der Waals surface area contributed by atoms with Crippen molar-refractivity contribution < 1.29 is 4.52 Å². The summed E-state index contributed by atoms with van der Waals surface area (Å²) in [6.07, 6.45) is 4.08. The number of thioether (sulfide) groups is 1. The lowest BCUT2D eigenvalue weighted by molar-refractivity contribution is 0.391. The van der Waals surface area contributed by atoms with Crippen LogP contribution in [0.25, 0.3) is 11.4 Å². The zero-order valence-corrected chi connectivity index (χ0v) is 18.9. The molecule has 7 heteroatoms. The molecule has 0 saturated carbocycles. The molecule has 1 saturated heterocycles. The molecule has 0 amide bonds. The van der Waals surface area contributed by atoms with Gasteiger partial charge in [0, 0.05) is 24.7 Å². The molecule has 0 N–H and O–H groups in total. The van der Waals surface area contributed by atoms with Crippen LogP contribution in [0.2, 0.25) is 0 Å². The molecule has 1 aliphatic heterocycles. The van der Waals surface area contributed by atoms with Crippen LogP contribution < -0.4 is 4.90 Å². The summed E-state index contributed by atoms with van der Waals surface area (Å²) >= 11 is 1.59. The van der Waals surface area contributed by atoms with E-state index < -0.39 is 0 Å². The first-order valence-electron chi connectivity index (χ1n) is 10.5. The predicted octanol–water partition coefficient (Wildman–Crippen LogP) is 5.35. The maximum atomic E-state index is 5.46. The minimum Gasteiger partial charge on any atom is -0.356 e. The van der Waals surface area contributed by atoms with Crippen LogP contribution in [0.1, 0.15) is 52.0 Å². The number of aromatic nitrogens is 4. The van der Waals surface area contributed by atoms with Crippen LogP contribution in [0, 0.1) is 5.92 Å². The molecule has 0 radical (unpaired) electrons. The highest BCUT2D eigenvalue weighted by molar-refractivity contribution is 7.98. The summed E-state index contributed by atoms with van der Waals surface area (Å²) in [4.78, 5) is 15.8. The number of nitrogens with zero attached hydrogens (tertiary/aromatic N) is 5. The maximum Gasteiger partial charge on any atom is 0.237 e. The molecule has 6 nitrogen and oxygen atoms in total. The van der Waals surface area contributed by atoms with Gasteiger partial charge in [-0.25, -0.2) is 9.97 Å². The molecule has 1 fully saturated rings. The van der Waals surface area contributed by atoms with Gasteiger partial charge in [0.2, 0.25) is 11.7 Å². The van der Waals surface area contributed by atoms with Crippen LogP contribution in [-0.4, -0.2) is 33.2 Å². The molecule has 3 aromatic rings. The Bertz CT molecular complexity index is 972. The van der Waals surface area contributed by atoms with Crippen molar-refractivity contribution in [3.63, 3.8) is 0 Å². The summed E-state index contributed by atoms with van der Waals surface area (Å²) in [6, 6.07) is 10.4. The van der Waals surface area contributed by atoms with Crippen LogP contribution in [-0.2, 0) is 11.2 Å². The lowest BCUT2D eigenvalue weighted by Crippen LogP contribution is -2.33. The van der Waals surface area contributed by atoms with Gasteiger partial charge < -0.3 is 9.42 Å². The predicted molar refractivity (Wildman–Crippen MR) is 121 cm³/mol. The zero-order valence-electron chi connectivity index (χ0n) is 18.1. The summed E-state index contributed by atoms with van der Waals surface area (Å²) < 4.78 is 5.46. The Labute approximate surface area is 182 Å². The normalized spacial score (nSPS) is 15.5. The molecule has 0 unspecified atom stereocenters. The monoisotopic (exact) mass is 423 g/mol. The van der Waals surface area contributed by atoms with E-state index in [0.717, 1.165) is 35.4 Å². The van der Waals surface area contributed by atoms with E-state index in [1.54, 1.807) is 18.1 Å². The first kappa shape index (κ1) is 20.8. The lowest BCUT2D eigenvalue weighted by atomic mass is 9.87. The highest BCUT2D eigenvalue weighted by atomic mass is 32.2. The van der Waals surface area contributed by atoms with Crippen molar-refractivity contribution in [1.29, 1.82) is 0 Å². The van der Waals surface area contributed by atoms with Gasteiger partial charge in [0.15, 0.2) is 0 Å². The van der Waals surface area contributed by atoms with Crippen molar-refractivity contribution in [3.05, 3.63) is 48.1 Å². The van der Waals surface area contributed by atoms with Crippen LogP contribution in [0.3, 0.4) is 0 Å². The smallest absolute Gasteiger partial charge is 0.237 e. The third-order valence-electron chi connectivity index (χ3n) is 5.56. The molecule has 158 valence electrons. The number of hydrogen-bond donors (Lipinski definition) is 0. The third-order valence-corrected chi connectivity index (χ3v) is 6.47. The van der Waals surface area contributed by atoms with Gasteiger partial charge in [-0.3, -0.25) is 0 Å². The van der Waals surface area contributed by atoms with Crippen LogP contribution >= 0.6 is 11.8 Å². The van der Waals surface area contributed by atoms with Crippen molar-refractivity contribution in [2.24, 2.45) is 5.92 Å². The van der Waals surface area contributed by atoms with Gasteiger partial charge in [-0.2, -0.15) is 4.98 Å². The molecule has 4 rings (SSSR count). The summed E-state index contributed by atoms with van der Waals surface area (Å²) in [7, 11) is 0. The molecule has 0 aliphatic carbocycles. The molecule has 2 aromatic heterocycles. The highest BCUT2D eigenvalue weighted by Crippen LogP contribution is 2.28. The first-order valence-corrected chi connectivity index (χ1v) is 11.5. The Hall–Kier alpha value is -2.41. The second kappa shape index (κ2) is 8.76. The van der Waals surface area contributed by atoms with E-state index in [9.17, 15) is 0 Å². The minimum absolute atomic E-state index is 0.125. The average molecular weight is 424 g/mol. The van der Waals surface area contributed by atoms with E-state index in [0.29, 0.717) is 17.5 Å². The number of anilines is 1. The summed E-state index contributed by atoms with van der Waals surface area (Å²) in [5, 5.41) is 5.07. The van der Waals surface area contributed by atoms with Gasteiger partial charge in [0.05, 0.1) is 5.75 Å². The van der Waals surface area contributed by atoms with Crippen molar-refractivity contribution in [2.75, 3.05) is 18.0 Å². The Morgan fingerprint density at radius 1 is 1.10 bits per heavy atom. The van der Waals surface area contributed by atoms with E-state index in [1.165, 1.54) is 18.4 Å². The SMILES string of the molecule is CC1CCN(c2cc(SCc3nc(-c4ccc(C(C)(C)C)cc4)no3)ncn2)CC1. The highest BCUT2D eigenvalue weighted by Gasteiger charge is 2.18. The van der Waals surface area contributed by atoms with Gasteiger partial charge in [0.25, 0.3) is 0 Å². The average Bonchev–Trinajstić information content (AvgIpc) is 3.22. The maximum absolute atomic E-state index is 5.46. The number of piperidine rings is 1. The molecule has 0 bridgehead atoms. The van der Waals surface area contributed by atoms with E-state index >= 15 is 0 Å². The van der Waals surface area contributed by atoms with Gasteiger partial charge >= 0.3 is 0 Å². The fourth-order valence-electron chi connectivity index (χ4n) is 3.51. The van der Waals surface area contributed by atoms with Crippen LogP contribution in [0.4, 0.5) is 5.82 Å². The number of rotatable bonds is 5. The zero-order chi connectivity index (χ0) is 21.1. The minimum atomic E-state index is 0.125. The van der Waals surface area contributed by atoms with Crippen molar-refractivity contribution in [1.82, 2.24) is 20.1 Å². The topological polar surface area (TPSA) is 67.9 Å². The molecule has 1 aromatic carbocycles. The van der Waals surface area contributed by atoms with Crippen molar-refractivity contribution in [2.45, 2.75) is 56.7 Å². The molecule has 0 atom stereocenters. The van der Waals surface area contributed by atoms with Gasteiger partial charge in [0.1, 0.15) is 17.2 Å². The largest absolute Gasteiger partial charge is 0.356 e. The molecule has 3 heterocycles. The fourth-order valence-corrected chi connectivity index (χ4v) is 4.20. The molecular weight excluding hydrogens is 394 g/mol. The second-order valence-electron chi connectivity index (χ2n) is 9.01. The Morgan fingerprint density at radius 3 is 2.53 bits per heavy atom. The van der Waals surface area contributed by atoms with E-state index in [-0.39, 0.29) is 5.41 Å². The first-order chi connectivity index (χ1) is 14.4. The Morgan fingerprint density at radius 2 is 1.83 bits per heavy atom. The van der Waals surface area contributed by atoms with Gasteiger partial charge in [-0.1, -0.05) is 68.9 Å². The molecule has 1 aliphatic rings. The summed E-state index contributed by atoms with van der Waals surface area (Å²) in [5.74, 6) is 3.61. The van der Waals surface area contributed by atoms with Crippen LogP contribution in [0.15, 0.2) is 46.2 Å². The number of hydrogen-bond acceptors (Lipinski definition) is 7. The van der Waals surface area contributed by atoms with Crippen molar-refractivity contribution in [3.8, 4) is 11.4 Å². The number of benzene rings is 1.